The molecule has 0 radical (unpaired) electrons. The molecule has 4 heterocycles. The maximum Gasteiger partial charge on any atom is 0.258 e. The van der Waals surface area contributed by atoms with Gasteiger partial charge in [-0.2, -0.15) is 4.98 Å². The largest absolute Gasteiger partial charge is 0.417 e. The van der Waals surface area contributed by atoms with Crippen LogP contribution in [0.4, 0.5) is 4.39 Å². The molecule has 0 atom stereocenters. The third-order valence-corrected chi connectivity index (χ3v) is 5.37. The molecule has 0 fully saturated rings. The molecular weight excluding hydrogens is 401 g/mol. The molecular formula is C19H15ClFN5O3. The lowest BCUT2D eigenvalue weighted by atomic mass is 9.88. The van der Waals surface area contributed by atoms with Crippen molar-refractivity contribution >= 4 is 17.5 Å². The zero-order valence-corrected chi connectivity index (χ0v) is 15.8. The topological polar surface area (TPSA) is 113 Å². The summed E-state index contributed by atoms with van der Waals surface area (Å²) in [4.78, 5) is 27.3. The van der Waals surface area contributed by atoms with Gasteiger partial charge in [0.15, 0.2) is 5.82 Å². The lowest BCUT2D eigenvalue weighted by Crippen LogP contribution is -2.32. The fraction of sp³-hybridized carbons (Fsp3) is 0.263. The van der Waals surface area contributed by atoms with Gasteiger partial charge < -0.3 is 20.1 Å². The number of hydrogen-bond donors (Lipinski definition) is 3. The number of halogens is 2. The predicted octanol–water partition coefficient (Wildman–Crippen LogP) is 2.33. The summed E-state index contributed by atoms with van der Waals surface area (Å²) < 4.78 is 21.0. The van der Waals surface area contributed by atoms with Crippen molar-refractivity contribution in [1.29, 1.82) is 0 Å². The molecule has 3 aromatic rings. The van der Waals surface area contributed by atoms with Crippen molar-refractivity contribution in [2.45, 2.75) is 25.9 Å². The molecule has 5 rings (SSSR count). The molecule has 148 valence electrons. The van der Waals surface area contributed by atoms with Crippen molar-refractivity contribution < 1.29 is 19.0 Å². The summed E-state index contributed by atoms with van der Waals surface area (Å²) in [6.07, 6.45) is 4.71. The minimum atomic E-state index is -0.666. The van der Waals surface area contributed by atoms with Gasteiger partial charge in [-0.15, -0.1) is 0 Å². The van der Waals surface area contributed by atoms with Crippen molar-refractivity contribution in [3.05, 3.63) is 51.4 Å². The number of carbonyl (C=O) groups is 1. The van der Waals surface area contributed by atoms with Gasteiger partial charge >= 0.3 is 0 Å². The Morgan fingerprint density at radius 2 is 2.03 bits per heavy atom. The highest BCUT2D eigenvalue weighted by Crippen LogP contribution is 2.41. The van der Waals surface area contributed by atoms with Gasteiger partial charge in [0.2, 0.25) is 11.2 Å². The van der Waals surface area contributed by atoms with Crippen LogP contribution in [0.5, 0.6) is 11.8 Å². The number of carbonyl (C=O) groups excluding carboxylic acids is 1. The molecule has 10 heteroatoms. The maximum atomic E-state index is 15.5. The Hall–Kier alpha value is -3.04. The van der Waals surface area contributed by atoms with Crippen molar-refractivity contribution in [3.8, 4) is 23.0 Å². The van der Waals surface area contributed by atoms with Gasteiger partial charge in [0, 0.05) is 36.6 Å². The van der Waals surface area contributed by atoms with Crippen LogP contribution < -0.4 is 10.1 Å². The Kier molecular flexibility index (Phi) is 4.21. The first-order valence-electron chi connectivity index (χ1n) is 9.06. The number of aliphatic hydroxyl groups excluding tert-OH is 1. The summed E-state index contributed by atoms with van der Waals surface area (Å²) in [6.45, 7) is 0.144. The van der Waals surface area contributed by atoms with Gasteiger partial charge in [0.1, 0.15) is 0 Å². The zero-order chi connectivity index (χ0) is 20.1. The van der Waals surface area contributed by atoms with Crippen LogP contribution in [0.2, 0.25) is 5.28 Å². The van der Waals surface area contributed by atoms with Crippen LogP contribution in [0, 0.1) is 5.82 Å². The van der Waals surface area contributed by atoms with E-state index in [1.807, 2.05) is 0 Å². The van der Waals surface area contributed by atoms with Gasteiger partial charge in [-0.25, -0.2) is 14.4 Å². The van der Waals surface area contributed by atoms with E-state index in [9.17, 15) is 9.90 Å². The number of pyridine rings is 1. The van der Waals surface area contributed by atoms with E-state index in [1.54, 1.807) is 6.20 Å². The van der Waals surface area contributed by atoms with E-state index < -0.39 is 12.4 Å². The number of ether oxygens (including phenoxy) is 1. The first-order valence-corrected chi connectivity index (χ1v) is 9.44. The number of hydrogen-bond acceptors (Lipinski definition) is 6. The number of rotatable bonds is 3. The molecule has 0 saturated heterocycles. The third kappa shape index (κ3) is 2.85. The summed E-state index contributed by atoms with van der Waals surface area (Å²) >= 11 is 5.79. The minimum Gasteiger partial charge on any atom is -0.417 e. The van der Waals surface area contributed by atoms with Crippen molar-refractivity contribution in [1.82, 2.24) is 25.3 Å². The monoisotopic (exact) mass is 415 g/mol. The van der Waals surface area contributed by atoms with Crippen LogP contribution in [-0.2, 0) is 25.9 Å². The second-order valence-electron chi connectivity index (χ2n) is 6.85. The molecule has 8 nitrogen and oxygen atoms in total. The quantitative estimate of drug-likeness (QED) is 0.566. The third-order valence-electron chi connectivity index (χ3n) is 5.19. The van der Waals surface area contributed by atoms with E-state index in [0.717, 1.165) is 16.8 Å². The molecule has 1 amide bonds. The molecule has 0 bridgehead atoms. The normalized spacial score (nSPS) is 14.7. The Labute approximate surface area is 169 Å². The van der Waals surface area contributed by atoms with E-state index in [1.165, 1.54) is 6.20 Å². The minimum absolute atomic E-state index is 0.0694. The lowest BCUT2D eigenvalue weighted by molar-refractivity contribution is 0.0945. The van der Waals surface area contributed by atoms with Crippen molar-refractivity contribution in [2.24, 2.45) is 0 Å². The zero-order valence-electron chi connectivity index (χ0n) is 15.1. The van der Waals surface area contributed by atoms with Crippen LogP contribution in [0.1, 0.15) is 32.7 Å². The summed E-state index contributed by atoms with van der Waals surface area (Å²) in [5.41, 5.74) is 4.13. The van der Waals surface area contributed by atoms with E-state index in [2.05, 4.69) is 25.3 Å². The second kappa shape index (κ2) is 6.78. The maximum absolute atomic E-state index is 15.5. The van der Waals surface area contributed by atoms with Crippen LogP contribution in [-0.4, -0.2) is 37.5 Å². The number of aliphatic hydroxyl groups is 1. The highest BCUT2D eigenvalue weighted by molar-refractivity contribution is 6.28. The van der Waals surface area contributed by atoms with Crippen LogP contribution in [0.3, 0.4) is 0 Å². The Morgan fingerprint density at radius 1 is 1.17 bits per heavy atom. The smallest absolute Gasteiger partial charge is 0.258 e. The molecule has 0 unspecified atom stereocenters. The molecule has 0 saturated carbocycles. The second-order valence-corrected chi connectivity index (χ2v) is 7.18. The van der Waals surface area contributed by atoms with E-state index in [4.69, 9.17) is 16.3 Å². The van der Waals surface area contributed by atoms with Gasteiger partial charge in [-0.3, -0.25) is 4.79 Å². The first-order chi connectivity index (χ1) is 14.1. The number of amides is 1. The predicted molar refractivity (Wildman–Crippen MR) is 100 cm³/mol. The molecule has 3 aromatic heterocycles. The number of nitrogens with one attached hydrogen (secondary N) is 2. The van der Waals surface area contributed by atoms with Gasteiger partial charge in [0.05, 0.1) is 23.4 Å². The standard InChI is InChI=1S/C19H15ClFN5O3/c20-19-24-6-9(7-27)17(26-19)29-18-14(21)12-8(5-23-18)1-2-10-13-11(25-15(10)12)3-4-22-16(13)28/h5-6,25,27H,1-4,7H2,(H,22,28). The Bertz CT molecular complexity index is 1160. The number of H-pyrrole nitrogens is 1. The summed E-state index contributed by atoms with van der Waals surface area (Å²) in [5, 5.41) is 12.2. The van der Waals surface area contributed by atoms with Gasteiger partial charge in [0.25, 0.3) is 11.8 Å². The fourth-order valence-electron chi connectivity index (χ4n) is 3.87. The molecule has 1 aliphatic carbocycles. The Morgan fingerprint density at radius 3 is 2.86 bits per heavy atom. The van der Waals surface area contributed by atoms with Crippen LogP contribution in [0.25, 0.3) is 11.3 Å². The van der Waals surface area contributed by atoms with E-state index in [0.29, 0.717) is 42.6 Å². The van der Waals surface area contributed by atoms with E-state index >= 15 is 4.39 Å². The SMILES string of the molecule is O=C1NCCc2[nH]c3c(c21)CCc1cnc(Oc2nc(Cl)ncc2CO)c(F)c1-3. The number of nitrogens with zero attached hydrogens (tertiary/aromatic N) is 3. The molecule has 1 aliphatic heterocycles. The average Bonchev–Trinajstić information content (AvgIpc) is 3.10. The molecule has 0 aromatic carbocycles. The fourth-order valence-corrected chi connectivity index (χ4v) is 3.99. The highest BCUT2D eigenvalue weighted by Gasteiger charge is 2.32. The number of aromatic nitrogens is 4. The summed E-state index contributed by atoms with van der Waals surface area (Å²) in [6, 6.07) is 0. The van der Waals surface area contributed by atoms with Crippen molar-refractivity contribution in [3.63, 3.8) is 0 Å². The number of aromatic amines is 1. The van der Waals surface area contributed by atoms with Gasteiger partial charge in [-0.1, -0.05) is 0 Å². The van der Waals surface area contributed by atoms with Crippen molar-refractivity contribution in [2.75, 3.05) is 6.54 Å². The molecule has 2 aliphatic rings. The Balaban J connectivity index is 1.62. The first kappa shape index (κ1) is 18.0. The molecule has 0 spiro atoms. The average molecular weight is 416 g/mol. The molecule has 29 heavy (non-hydrogen) atoms. The highest BCUT2D eigenvalue weighted by atomic mass is 35.5. The van der Waals surface area contributed by atoms with E-state index in [-0.39, 0.29) is 28.5 Å². The van der Waals surface area contributed by atoms with Gasteiger partial charge in [-0.05, 0) is 35.6 Å². The molecule has 3 N–H and O–H groups in total. The van der Waals surface area contributed by atoms with Crippen LogP contribution >= 0.6 is 11.6 Å². The lowest BCUT2D eigenvalue weighted by Gasteiger charge is -2.19. The summed E-state index contributed by atoms with van der Waals surface area (Å²) in [7, 11) is 0. The number of aryl methyl sites for hydroxylation is 1. The number of fused-ring (bicyclic) bond motifs is 5. The summed E-state index contributed by atoms with van der Waals surface area (Å²) in [5.74, 6) is -1.17. The van der Waals surface area contributed by atoms with Crippen LogP contribution in [0.15, 0.2) is 12.4 Å².